The average molecular weight is 185 g/mol. The average Bonchev–Trinajstić information content (AvgIpc) is 1.82. The van der Waals surface area contributed by atoms with Gasteiger partial charge in [0.25, 0.3) is 0 Å². The van der Waals surface area contributed by atoms with E-state index in [0.717, 1.165) is 13.0 Å². The Morgan fingerprint density at radius 3 is 2.09 bits per heavy atom. The minimum absolute atomic E-state index is 0.250. The summed E-state index contributed by atoms with van der Waals surface area (Å²) in [6.45, 7) is 2.73. The number of carboxylic acid groups (broad SMARTS) is 2. The molecule has 1 unspecified atom stereocenters. The highest BCUT2D eigenvalue weighted by Gasteiger charge is 1.91. The maximum absolute atomic E-state index is 8.56. The molecule has 0 aliphatic carbocycles. The Balaban J connectivity index is 0. The summed E-state index contributed by atoms with van der Waals surface area (Å²) in [4.78, 5) is 8.56. The van der Waals surface area contributed by atoms with Gasteiger partial charge in [-0.2, -0.15) is 0 Å². The fourth-order valence-corrected chi connectivity index (χ4v) is 0.369. The van der Waals surface area contributed by atoms with Crippen molar-refractivity contribution >= 4 is 17.8 Å². The highest BCUT2D eigenvalue weighted by Crippen LogP contribution is 1.97. The smallest absolute Gasteiger partial charge is 0.450 e. The lowest BCUT2D eigenvalue weighted by Gasteiger charge is -1.97. The van der Waals surface area contributed by atoms with Crippen LogP contribution < -0.4 is 0 Å². The quantitative estimate of drug-likeness (QED) is 0.658. The first-order chi connectivity index (χ1) is 5.00. The van der Waals surface area contributed by atoms with Crippen LogP contribution in [0.3, 0.4) is 0 Å². The Labute approximate surface area is 70.7 Å². The van der Waals surface area contributed by atoms with E-state index in [1.54, 1.807) is 7.11 Å². The molecule has 0 heterocycles. The van der Waals surface area contributed by atoms with E-state index in [-0.39, 0.29) is 5.38 Å². The fourth-order valence-electron chi connectivity index (χ4n) is 0.280. The van der Waals surface area contributed by atoms with Crippen LogP contribution in [0, 0.1) is 0 Å². The van der Waals surface area contributed by atoms with Crippen molar-refractivity contribution < 1.29 is 19.7 Å². The Morgan fingerprint density at radius 1 is 1.64 bits per heavy atom. The molecule has 2 N–H and O–H groups in total. The van der Waals surface area contributed by atoms with Crippen LogP contribution in [0.4, 0.5) is 4.79 Å². The van der Waals surface area contributed by atoms with Crippen molar-refractivity contribution in [1.29, 1.82) is 0 Å². The van der Waals surface area contributed by atoms with Crippen LogP contribution in [0.2, 0.25) is 0 Å². The number of alkyl halides is 1. The minimum Gasteiger partial charge on any atom is -0.450 e. The highest BCUT2D eigenvalue weighted by atomic mass is 35.5. The monoisotopic (exact) mass is 184 g/mol. The van der Waals surface area contributed by atoms with Crippen LogP contribution in [0.5, 0.6) is 0 Å². The Kier molecular flexibility index (Phi) is 11.4. The second kappa shape index (κ2) is 9.52. The third-order valence-electron chi connectivity index (χ3n) is 0.720. The summed E-state index contributed by atoms with van der Waals surface area (Å²) in [5.74, 6) is 0. The molecule has 0 aromatic carbocycles. The number of ether oxygens (including phenoxy) is 1. The van der Waals surface area contributed by atoms with Crippen molar-refractivity contribution in [1.82, 2.24) is 0 Å². The Morgan fingerprint density at radius 2 is 2.00 bits per heavy atom. The van der Waals surface area contributed by atoms with Gasteiger partial charge in [0.2, 0.25) is 0 Å². The van der Waals surface area contributed by atoms with Crippen LogP contribution in [0.25, 0.3) is 0 Å². The number of halogens is 1. The fraction of sp³-hybridized carbons (Fsp3) is 0.833. The number of rotatable bonds is 3. The SMILES string of the molecule is COCCC(C)Cl.O=C(O)O. The van der Waals surface area contributed by atoms with Gasteiger partial charge in [-0.1, -0.05) is 0 Å². The molecular weight excluding hydrogens is 172 g/mol. The molecule has 11 heavy (non-hydrogen) atoms. The molecule has 68 valence electrons. The predicted molar refractivity (Wildman–Crippen MR) is 42.5 cm³/mol. The number of hydrogen-bond donors (Lipinski definition) is 2. The molecule has 4 nitrogen and oxygen atoms in total. The lowest BCUT2D eigenvalue weighted by molar-refractivity contribution is 0.137. The second-order valence-corrected chi connectivity index (χ2v) is 2.59. The largest absolute Gasteiger partial charge is 0.503 e. The molecule has 0 aliphatic heterocycles. The predicted octanol–water partition coefficient (Wildman–Crippen LogP) is 1.87. The van der Waals surface area contributed by atoms with Gasteiger partial charge in [-0.25, -0.2) is 4.79 Å². The van der Waals surface area contributed by atoms with Gasteiger partial charge in [-0.15, -0.1) is 11.6 Å². The maximum atomic E-state index is 8.56. The van der Waals surface area contributed by atoms with Crippen molar-refractivity contribution in [2.45, 2.75) is 18.7 Å². The van der Waals surface area contributed by atoms with Crippen molar-refractivity contribution in [3.63, 3.8) is 0 Å². The zero-order chi connectivity index (χ0) is 9.28. The number of carbonyl (C=O) groups is 1. The molecule has 0 amide bonds. The lowest BCUT2D eigenvalue weighted by atomic mass is 10.3. The van der Waals surface area contributed by atoms with Crippen LogP contribution in [0.15, 0.2) is 0 Å². The van der Waals surface area contributed by atoms with Gasteiger partial charge in [0.1, 0.15) is 0 Å². The Bertz CT molecular complexity index is 90.6. The first kappa shape index (κ1) is 13.1. The first-order valence-corrected chi connectivity index (χ1v) is 3.49. The third-order valence-corrected chi connectivity index (χ3v) is 0.938. The molecule has 0 aromatic rings. The van der Waals surface area contributed by atoms with Gasteiger partial charge in [-0.3, -0.25) is 0 Å². The van der Waals surface area contributed by atoms with Crippen molar-refractivity contribution in [2.75, 3.05) is 13.7 Å². The lowest BCUT2D eigenvalue weighted by Crippen LogP contribution is -1.96. The molecule has 0 saturated carbocycles. The Hall–Kier alpha value is -0.480. The topological polar surface area (TPSA) is 66.8 Å². The standard InChI is InChI=1S/C5H11ClO.CH2O3/c1-5(6)3-4-7-2;2-1(3)4/h5H,3-4H2,1-2H3;(H2,2,3,4). The molecule has 0 fully saturated rings. The third kappa shape index (κ3) is 43.4. The first-order valence-electron chi connectivity index (χ1n) is 3.05. The molecular formula is C6H13ClO4. The summed E-state index contributed by atoms with van der Waals surface area (Å²) in [5.41, 5.74) is 0. The number of methoxy groups -OCH3 is 1. The van der Waals surface area contributed by atoms with E-state index in [1.807, 2.05) is 6.92 Å². The van der Waals surface area contributed by atoms with E-state index in [2.05, 4.69) is 0 Å². The van der Waals surface area contributed by atoms with E-state index in [4.69, 9.17) is 31.3 Å². The molecule has 0 spiro atoms. The molecule has 1 atom stereocenters. The summed E-state index contributed by atoms with van der Waals surface area (Å²) in [7, 11) is 1.68. The second-order valence-electron chi connectivity index (χ2n) is 1.84. The van der Waals surface area contributed by atoms with Gasteiger partial charge in [-0.05, 0) is 13.3 Å². The van der Waals surface area contributed by atoms with Crippen LogP contribution in [0.1, 0.15) is 13.3 Å². The summed E-state index contributed by atoms with van der Waals surface area (Å²) < 4.78 is 4.77. The molecule has 0 bridgehead atoms. The van der Waals surface area contributed by atoms with Crippen molar-refractivity contribution in [2.24, 2.45) is 0 Å². The molecule has 0 aromatic heterocycles. The summed E-state index contributed by atoms with van der Waals surface area (Å²) in [6.07, 6.45) is -0.891. The van der Waals surface area contributed by atoms with Gasteiger partial charge < -0.3 is 14.9 Å². The highest BCUT2D eigenvalue weighted by molar-refractivity contribution is 6.20. The zero-order valence-electron chi connectivity index (χ0n) is 6.58. The summed E-state index contributed by atoms with van der Waals surface area (Å²) >= 11 is 5.58. The van der Waals surface area contributed by atoms with Crippen LogP contribution in [-0.4, -0.2) is 35.5 Å². The molecule has 0 aliphatic rings. The van der Waals surface area contributed by atoms with Gasteiger partial charge in [0, 0.05) is 19.1 Å². The molecule has 0 radical (unpaired) electrons. The summed E-state index contributed by atoms with van der Waals surface area (Å²) in [5, 5.41) is 14.2. The van der Waals surface area contributed by atoms with Crippen LogP contribution in [-0.2, 0) is 4.74 Å². The van der Waals surface area contributed by atoms with E-state index in [1.165, 1.54) is 0 Å². The van der Waals surface area contributed by atoms with Gasteiger partial charge in [0.15, 0.2) is 0 Å². The maximum Gasteiger partial charge on any atom is 0.503 e. The molecule has 5 heteroatoms. The number of hydrogen-bond acceptors (Lipinski definition) is 2. The normalized spacial score (nSPS) is 11.2. The van der Waals surface area contributed by atoms with E-state index in [0.29, 0.717) is 0 Å². The van der Waals surface area contributed by atoms with E-state index >= 15 is 0 Å². The van der Waals surface area contributed by atoms with Gasteiger partial charge >= 0.3 is 6.16 Å². The van der Waals surface area contributed by atoms with Crippen LogP contribution >= 0.6 is 11.6 Å². The van der Waals surface area contributed by atoms with Gasteiger partial charge in [0.05, 0.1) is 0 Å². The summed E-state index contributed by atoms with van der Waals surface area (Å²) in [6, 6.07) is 0. The minimum atomic E-state index is -1.83. The van der Waals surface area contributed by atoms with Crippen molar-refractivity contribution in [3.05, 3.63) is 0 Å². The van der Waals surface area contributed by atoms with E-state index in [9.17, 15) is 0 Å². The van der Waals surface area contributed by atoms with Crippen molar-refractivity contribution in [3.8, 4) is 0 Å². The van der Waals surface area contributed by atoms with E-state index < -0.39 is 6.16 Å². The molecule has 0 rings (SSSR count). The zero-order valence-corrected chi connectivity index (χ0v) is 7.34. The molecule has 0 saturated heterocycles.